The minimum absolute atomic E-state index is 0.239. The first kappa shape index (κ1) is 17.7. The number of aromatic nitrogens is 3. The van der Waals surface area contributed by atoms with Gasteiger partial charge in [0.2, 0.25) is 5.88 Å². The number of nitrogen functional groups attached to an aromatic ring is 1. The molecule has 2 N–H and O–H groups in total. The number of halogens is 1. The average molecular weight is 376 g/mol. The molecule has 1 aromatic carbocycles. The molecule has 0 unspecified atom stereocenters. The quantitative estimate of drug-likeness (QED) is 0.547. The number of nitrogens with zero attached hydrogens (tertiary/aromatic N) is 3. The van der Waals surface area contributed by atoms with Crippen LogP contribution in [0, 0.1) is 5.82 Å². The number of ether oxygens (including phenoxy) is 1. The van der Waals surface area contributed by atoms with Gasteiger partial charge in [-0.25, -0.2) is 14.4 Å². The number of pyridine rings is 2. The van der Waals surface area contributed by atoms with E-state index in [2.05, 4.69) is 15.1 Å². The fourth-order valence-corrected chi connectivity index (χ4v) is 2.78. The van der Waals surface area contributed by atoms with Gasteiger partial charge >= 0.3 is 0 Å². The molecule has 0 radical (unpaired) electrons. The van der Waals surface area contributed by atoms with E-state index in [1.54, 1.807) is 30.6 Å². The largest absolute Gasteiger partial charge is 0.473 e. The molecule has 0 saturated carbocycles. The Hall–Kier alpha value is -3.74. The van der Waals surface area contributed by atoms with Crippen LogP contribution in [-0.2, 0) is 13.0 Å². The Balaban J connectivity index is 1.44. The number of hydrogen-bond donors (Lipinski definition) is 1. The first-order valence-corrected chi connectivity index (χ1v) is 8.66. The van der Waals surface area contributed by atoms with Gasteiger partial charge in [0.15, 0.2) is 5.76 Å². The predicted octanol–water partition coefficient (Wildman–Crippen LogP) is 4.02. The Labute approximate surface area is 160 Å². The van der Waals surface area contributed by atoms with E-state index in [1.807, 2.05) is 24.3 Å². The summed E-state index contributed by atoms with van der Waals surface area (Å²) < 4.78 is 24.3. The number of benzene rings is 1. The van der Waals surface area contributed by atoms with Crippen molar-refractivity contribution in [3.63, 3.8) is 0 Å². The first-order chi connectivity index (χ1) is 13.7. The molecule has 0 aliphatic heterocycles. The van der Waals surface area contributed by atoms with Crippen LogP contribution in [0.3, 0.4) is 0 Å². The number of rotatable bonds is 6. The Bertz CT molecular complexity index is 1100. The van der Waals surface area contributed by atoms with E-state index >= 15 is 0 Å². The molecule has 7 heteroatoms. The smallest absolute Gasteiger partial charge is 0.213 e. The van der Waals surface area contributed by atoms with E-state index in [9.17, 15) is 4.39 Å². The van der Waals surface area contributed by atoms with Crippen LogP contribution in [0.25, 0.3) is 11.3 Å². The van der Waals surface area contributed by atoms with E-state index in [0.29, 0.717) is 29.4 Å². The second-order valence-corrected chi connectivity index (χ2v) is 6.22. The lowest BCUT2D eigenvalue weighted by Gasteiger charge is -2.06. The maximum absolute atomic E-state index is 13.3. The molecule has 3 heterocycles. The van der Waals surface area contributed by atoms with Crippen LogP contribution in [-0.4, -0.2) is 15.1 Å². The van der Waals surface area contributed by atoms with Gasteiger partial charge in [0.25, 0.3) is 0 Å². The van der Waals surface area contributed by atoms with Crippen molar-refractivity contribution in [3.8, 4) is 17.2 Å². The van der Waals surface area contributed by atoms with E-state index < -0.39 is 0 Å². The summed E-state index contributed by atoms with van der Waals surface area (Å²) in [6, 6.07) is 15.4. The van der Waals surface area contributed by atoms with Gasteiger partial charge < -0.3 is 15.0 Å². The van der Waals surface area contributed by atoms with Crippen molar-refractivity contribution in [3.05, 3.63) is 89.6 Å². The SMILES string of the molecule is Nc1ncccc1-c1cc(Cc2ccnc(OCc3cccc(F)c3)c2)no1. The zero-order valence-corrected chi connectivity index (χ0v) is 14.9. The van der Waals surface area contributed by atoms with Crippen LogP contribution in [0.4, 0.5) is 10.2 Å². The summed E-state index contributed by atoms with van der Waals surface area (Å²) in [4.78, 5) is 8.25. The fraction of sp³-hybridized carbons (Fsp3) is 0.0952. The summed E-state index contributed by atoms with van der Waals surface area (Å²) in [6.45, 7) is 0.239. The molecule has 0 aliphatic carbocycles. The second kappa shape index (κ2) is 7.87. The highest BCUT2D eigenvalue weighted by molar-refractivity contribution is 5.69. The number of anilines is 1. The third-order valence-electron chi connectivity index (χ3n) is 4.12. The molecule has 6 nitrogen and oxygen atoms in total. The molecule has 28 heavy (non-hydrogen) atoms. The number of nitrogens with two attached hydrogens (primary N) is 1. The zero-order chi connectivity index (χ0) is 19.3. The van der Waals surface area contributed by atoms with Gasteiger partial charge in [-0.15, -0.1) is 0 Å². The molecule has 0 bridgehead atoms. The topological polar surface area (TPSA) is 87.1 Å². The van der Waals surface area contributed by atoms with E-state index in [4.69, 9.17) is 15.0 Å². The fourth-order valence-electron chi connectivity index (χ4n) is 2.78. The third kappa shape index (κ3) is 4.15. The highest BCUT2D eigenvalue weighted by Crippen LogP contribution is 2.25. The monoisotopic (exact) mass is 376 g/mol. The van der Waals surface area contributed by atoms with Crippen molar-refractivity contribution in [2.75, 3.05) is 5.73 Å². The van der Waals surface area contributed by atoms with Crippen LogP contribution in [0.15, 0.2) is 71.5 Å². The van der Waals surface area contributed by atoms with Gasteiger partial charge in [0.1, 0.15) is 18.2 Å². The van der Waals surface area contributed by atoms with Gasteiger partial charge in [0.05, 0.1) is 11.3 Å². The van der Waals surface area contributed by atoms with Gasteiger partial charge in [-0.2, -0.15) is 0 Å². The summed E-state index contributed by atoms with van der Waals surface area (Å²) in [5.74, 6) is 1.13. The minimum atomic E-state index is -0.293. The molecule has 0 amide bonds. The average Bonchev–Trinajstić information content (AvgIpc) is 3.15. The lowest BCUT2D eigenvalue weighted by atomic mass is 10.1. The highest BCUT2D eigenvalue weighted by Gasteiger charge is 2.11. The Morgan fingerprint density at radius 1 is 0.964 bits per heavy atom. The van der Waals surface area contributed by atoms with Crippen molar-refractivity contribution >= 4 is 5.82 Å². The number of hydrogen-bond acceptors (Lipinski definition) is 6. The molecule has 140 valence electrons. The van der Waals surface area contributed by atoms with Crippen LogP contribution >= 0.6 is 0 Å². The van der Waals surface area contributed by atoms with E-state index in [1.165, 1.54) is 12.1 Å². The molecule has 4 aromatic rings. The molecular formula is C21H17FN4O2. The van der Waals surface area contributed by atoms with E-state index in [0.717, 1.165) is 16.8 Å². The molecule has 0 fully saturated rings. The lowest BCUT2D eigenvalue weighted by molar-refractivity contribution is 0.293. The molecule has 4 rings (SSSR count). The Kier molecular flexibility index (Phi) is 4.97. The summed E-state index contributed by atoms with van der Waals surface area (Å²) in [7, 11) is 0. The van der Waals surface area contributed by atoms with Crippen molar-refractivity contribution in [1.29, 1.82) is 0 Å². The zero-order valence-electron chi connectivity index (χ0n) is 14.9. The molecule has 3 aromatic heterocycles. The first-order valence-electron chi connectivity index (χ1n) is 8.66. The molecule has 0 spiro atoms. The third-order valence-corrected chi connectivity index (χ3v) is 4.12. The standard InChI is InChI=1S/C21H17FN4O2/c22-16-4-1-3-15(9-16)13-27-20-11-14(6-8-24-20)10-17-12-19(28-26-17)18-5-2-7-25-21(18)23/h1-9,11-12H,10,13H2,(H2,23,25). The minimum Gasteiger partial charge on any atom is -0.473 e. The van der Waals surface area contributed by atoms with Crippen LogP contribution in [0.1, 0.15) is 16.8 Å². The predicted molar refractivity (Wildman–Crippen MR) is 102 cm³/mol. The van der Waals surface area contributed by atoms with Gasteiger partial charge in [-0.05, 0) is 41.5 Å². The Morgan fingerprint density at radius 2 is 1.89 bits per heavy atom. The van der Waals surface area contributed by atoms with Gasteiger partial charge in [0, 0.05) is 30.9 Å². The van der Waals surface area contributed by atoms with E-state index in [-0.39, 0.29) is 12.4 Å². The molecule has 0 saturated heterocycles. The Morgan fingerprint density at radius 3 is 2.75 bits per heavy atom. The molecular weight excluding hydrogens is 359 g/mol. The van der Waals surface area contributed by atoms with Crippen LogP contribution < -0.4 is 10.5 Å². The molecule has 0 aliphatic rings. The summed E-state index contributed by atoms with van der Waals surface area (Å²) >= 11 is 0. The molecule has 0 atom stereocenters. The maximum atomic E-state index is 13.3. The van der Waals surface area contributed by atoms with Gasteiger partial charge in [-0.1, -0.05) is 17.3 Å². The van der Waals surface area contributed by atoms with Crippen LogP contribution in [0.2, 0.25) is 0 Å². The maximum Gasteiger partial charge on any atom is 0.213 e. The van der Waals surface area contributed by atoms with Crippen molar-refractivity contribution in [2.24, 2.45) is 0 Å². The van der Waals surface area contributed by atoms with Crippen LogP contribution in [0.5, 0.6) is 5.88 Å². The highest BCUT2D eigenvalue weighted by atomic mass is 19.1. The summed E-state index contributed by atoms with van der Waals surface area (Å²) in [6.07, 6.45) is 3.83. The summed E-state index contributed by atoms with van der Waals surface area (Å²) in [5.41, 5.74) is 9.03. The second-order valence-electron chi connectivity index (χ2n) is 6.22. The van der Waals surface area contributed by atoms with Crippen molar-refractivity contribution in [1.82, 2.24) is 15.1 Å². The van der Waals surface area contributed by atoms with Crippen molar-refractivity contribution < 1.29 is 13.7 Å². The van der Waals surface area contributed by atoms with Gasteiger partial charge in [-0.3, -0.25) is 0 Å². The normalized spacial score (nSPS) is 10.8. The lowest BCUT2D eigenvalue weighted by Crippen LogP contribution is -1.99. The van der Waals surface area contributed by atoms with Crippen molar-refractivity contribution in [2.45, 2.75) is 13.0 Å². The summed E-state index contributed by atoms with van der Waals surface area (Å²) in [5, 5.41) is 4.10.